The van der Waals surface area contributed by atoms with Gasteiger partial charge < -0.3 is 5.32 Å². The van der Waals surface area contributed by atoms with Crippen LogP contribution in [0.5, 0.6) is 0 Å². The summed E-state index contributed by atoms with van der Waals surface area (Å²) in [6.07, 6.45) is 1.02. The summed E-state index contributed by atoms with van der Waals surface area (Å²) in [4.78, 5) is 0. The quantitative estimate of drug-likeness (QED) is 0.850. The van der Waals surface area contributed by atoms with Crippen molar-refractivity contribution < 1.29 is 4.39 Å². The largest absolute Gasteiger partial charge is 0.306 e. The first-order chi connectivity index (χ1) is 9.65. The van der Waals surface area contributed by atoms with E-state index in [1.165, 1.54) is 5.56 Å². The third kappa shape index (κ3) is 3.26. The van der Waals surface area contributed by atoms with E-state index in [9.17, 15) is 4.39 Å². The third-order valence-electron chi connectivity index (χ3n) is 3.59. The predicted octanol–water partition coefficient (Wildman–Crippen LogP) is 4.40. The Labute approximate surface area is 120 Å². The Bertz CT molecular complexity index is 560. The second-order valence-electron chi connectivity index (χ2n) is 5.11. The molecule has 1 unspecified atom stereocenters. The minimum atomic E-state index is -0.152. The molecular weight excluding hydrogens is 249 g/mol. The molecule has 1 nitrogen and oxygen atoms in total. The van der Waals surface area contributed by atoms with Gasteiger partial charge in [-0.2, -0.15) is 0 Å². The average Bonchev–Trinajstić information content (AvgIpc) is 2.48. The molecule has 1 atom stereocenters. The molecule has 2 rings (SSSR count). The van der Waals surface area contributed by atoms with Crippen LogP contribution in [-0.4, -0.2) is 6.54 Å². The van der Waals surface area contributed by atoms with Crippen molar-refractivity contribution in [3.05, 3.63) is 70.5 Å². The van der Waals surface area contributed by atoms with Crippen LogP contribution in [0.3, 0.4) is 0 Å². The molecule has 2 aromatic rings. The Hall–Kier alpha value is -1.67. The van der Waals surface area contributed by atoms with Crippen molar-refractivity contribution in [2.75, 3.05) is 6.54 Å². The highest BCUT2D eigenvalue weighted by Crippen LogP contribution is 2.25. The molecule has 0 aliphatic rings. The van der Waals surface area contributed by atoms with Crippen molar-refractivity contribution in [2.24, 2.45) is 0 Å². The van der Waals surface area contributed by atoms with Crippen LogP contribution < -0.4 is 5.32 Å². The summed E-state index contributed by atoms with van der Waals surface area (Å²) in [5.41, 5.74) is 4.20. The first-order valence-electron chi connectivity index (χ1n) is 7.24. The van der Waals surface area contributed by atoms with E-state index in [2.05, 4.69) is 36.5 Å². The molecule has 0 saturated heterocycles. The lowest BCUT2D eigenvalue weighted by Crippen LogP contribution is -2.23. The normalized spacial score (nSPS) is 12.4. The van der Waals surface area contributed by atoms with Gasteiger partial charge in [-0.1, -0.05) is 55.8 Å². The number of aryl methyl sites for hydroxylation is 2. The number of benzene rings is 2. The molecule has 0 spiro atoms. The SMILES string of the molecule is CCNC(c1ccc(CC)cc1)c1cc(C)ccc1F. The fourth-order valence-electron chi connectivity index (χ4n) is 2.44. The molecule has 2 aromatic carbocycles. The Morgan fingerprint density at radius 2 is 1.75 bits per heavy atom. The summed E-state index contributed by atoms with van der Waals surface area (Å²) < 4.78 is 14.1. The van der Waals surface area contributed by atoms with Gasteiger partial charge in [0.05, 0.1) is 6.04 Å². The number of nitrogens with one attached hydrogen (secondary N) is 1. The first kappa shape index (κ1) is 14.7. The summed E-state index contributed by atoms with van der Waals surface area (Å²) >= 11 is 0. The van der Waals surface area contributed by atoms with Crippen molar-refractivity contribution in [2.45, 2.75) is 33.2 Å². The maximum absolute atomic E-state index is 14.1. The fraction of sp³-hybridized carbons (Fsp3) is 0.333. The zero-order valence-corrected chi connectivity index (χ0v) is 12.4. The molecule has 0 saturated carbocycles. The van der Waals surface area contributed by atoms with Crippen LogP contribution in [0.25, 0.3) is 0 Å². The molecular formula is C18H22FN. The smallest absolute Gasteiger partial charge is 0.128 e. The van der Waals surface area contributed by atoms with Gasteiger partial charge >= 0.3 is 0 Å². The van der Waals surface area contributed by atoms with Crippen LogP contribution in [0.4, 0.5) is 4.39 Å². The van der Waals surface area contributed by atoms with Gasteiger partial charge in [0.15, 0.2) is 0 Å². The lowest BCUT2D eigenvalue weighted by atomic mass is 9.95. The van der Waals surface area contributed by atoms with Crippen molar-refractivity contribution in [3.63, 3.8) is 0 Å². The molecule has 0 aromatic heterocycles. The molecule has 0 radical (unpaired) electrons. The van der Waals surface area contributed by atoms with Gasteiger partial charge in [-0.15, -0.1) is 0 Å². The molecule has 0 amide bonds. The number of hydrogen-bond acceptors (Lipinski definition) is 1. The lowest BCUT2D eigenvalue weighted by molar-refractivity contribution is 0.558. The maximum Gasteiger partial charge on any atom is 0.128 e. The summed E-state index contributed by atoms with van der Waals surface area (Å²) in [7, 11) is 0. The molecule has 0 aliphatic heterocycles. The van der Waals surface area contributed by atoms with Gasteiger partial charge in [0.25, 0.3) is 0 Å². The van der Waals surface area contributed by atoms with Crippen molar-refractivity contribution in [3.8, 4) is 0 Å². The molecule has 106 valence electrons. The van der Waals surface area contributed by atoms with Crippen LogP contribution in [-0.2, 0) is 6.42 Å². The van der Waals surface area contributed by atoms with E-state index >= 15 is 0 Å². The molecule has 2 heteroatoms. The molecule has 0 bridgehead atoms. The van der Waals surface area contributed by atoms with E-state index in [-0.39, 0.29) is 11.9 Å². The fourth-order valence-corrected chi connectivity index (χ4v) is 2.44. The summed E-state index contributed by atoms with van der Waals surface area (Å²) in [6.45, 7) is 6.97. The van der Waals surface area contributed by atoms with Gasteiger partial charge in [0.1, 0.15) is 5.82 Å². The van der Waals surface area contributed by atoms with Gasteiger partial charge in [0.2, 0.25) is 0 Å². The Kier molecular flexibility index (Phi) is 4.91. The van der Waals surface area contributed by atoms with Crippen LogP contribution in [0.15, 0.2) is 42.5 Å². The average molecular weight is 271 g/mol. The molecule has 20 heavy (non-hydrogen) atoms. The highest BCUT2D eigenvalue weighted by atomic mass is 19.1. The second-order valence-corrected chi connectivity index (χ2v) is 5.11. The van der Waals surface area contributed by atoms with Gasteiger partial charge in [-0.25, -0.2) is 4.39 Å². The Balaban J connectivity index is 2.41. The summed E-state index contributed by atoms with van der Waals surface area (Å²) in [5.74, 6) is -0.152. The number of halogens is 1. The van der Waals surface area contributed by atoms with E-state index in [0.717, 1.165) is 29.7 Å². The molecule has 0 aliphatic carbocycles. The highest BCUT2D eigenvalue weighted by molar-refractivity contribution is 5.36. The van der Waals surface area contributed by atoms with Crippen molar-refractivity contribution >= 4 is 0 Å². The topological polar surface area (TPSA) is 12.0 Å². The van der Waals surface area contributed by atoms with Gasteiger partial charge in [-0.3, -0.25) is 0 Å². The second kappa shape index (κ2) is 6.67. The van der Waals surface area contributed by atoms with E-state index in [4.69, 9.17) is 0 Å². The van der Waals surface area contributed by atoms with Crippen LogP contribution >= 0.6 is 0 Å². The number of rotatable bonds is 5. The van der Waals surface area contributed by atoms with Gasteiger partial charge in [0, 0.05) is 5.56 Å². The van der Waals surface area contributed by atoms with Crippen LogP contribution in [0.1, 0.15) is 42.1 Å². The molecule has 1 N–H and O–H groups in total. The maximum atomic E-state index is 14.1. The van der Waals surface area contributed by atoms with E-state index in [1.807, 2.05) is 26.0 Å². The standard InChI is InChI=1S/C18H22FN/c1-4-14-7-9-15(10-8-14)18(20-5-2)16-12-13(3)6-11-17(16)19/h6-12,18,20H,4-5H2,1-3H3. The van der Waals surface area contributed by atoms with E-state index in [0.29, 0.717) is 0 Å². The van der Waals surface area contributed by atoms with Crippen molar-refractivity contribution in [1.82, 2.24) is 5.32 Å². The molecule has 0 heterocycles. The van der Waals surface area contributed by atoms with E-state index < -0.39 is 0 Å². The van der Waals surface area contributed by atoms with Crippen LogP contribution in [0, 0.1) is 12.7 Å². The third-order valence-corrected chi connectivity index (χ3v) is 3.59. The summed E-state index contributed by atoms with van der Waals surface area (Å²) in [5, 5.41) is 3.38. The minimum Gasteiger partial charge on any atom is -0.306 e. The van der Waals surface area contributed by atoms with Crippen molar-refractivity contribution in [1.29, 1.82) is 0 Å². The zero-order chi connectivity index (χ0) is 14.5. The summed E-state index contributed by atoms with van der Waals surface area (Å²) in [6, 6.07) is 13.6. The zero-order valence-electron chi connectivity index (χ0n) is 12.4. The monoisotopic (exact) mass is 271 g/mol. The van der Waals surface area contributed by atoms with Crippen LogP contribution in [0.2, 0.25) is 0 Å². The Morgan fingerprint density at radius 3 is 2.35 bits per heavy atom. The number of hydrogen-bond donors (Lipinski definition) is 1. The molecule has 0 fully saturated rings. The highest BCUT2D eigenvalue weighted by Gasteiger charge is 2.17. The van der Waals surface area contributed by atoms with Gasteiger partial charge in [-0.05, 0) is 37.1 Å². The minimum absolute atomic E-state index is 0.0918. The Morgan fingerprint density at radius 1 is 1.05 bits per heavy atom. The van der Waals surface area contributed by atoms with E-state index in [1.54, 1.807) is 6.07 Å². The first-order valence-corrected chi connectivity index (χ1v) is 7.24. The lowest BCUT2D eigenvalue weighted by Gasteiger charge is -2.20. The predicted molar refractivity (Wildman–Crippen MR) is 82.5 cm³/mol.